The van der Waals surface area contributed by atoms with Crippen molar-refractivity contribution in [1.82, 2.24) is 26.0 Å². The number of piperidine rings is 1. The molecule has 4 amide bonds. The largest absolute Gasteiger partial charge is 0.381 e. The van der Waals surface area contributed by atoms with Gasteiger partial charge in [-0.3, -0.25) is 24.2 Å². The van der Waals surface area contributed by atoms with Crippen molar-refractivity contribution < 1.29 is 23.9 Å². The zero-order valence-electron chi connectivity index (χ0n) is 27.7. The van der Waals surface area contributed by atoms with Crippen LogP contribution in [0.15, 0.2) is 43.5 Å². The van der Waals surface area contributed by atoms with E-state index in [4.69, 9.17) is 4.74 Å². The Balaban J connectivity index is 1.62. The van der Waals surface area contributed by atoms with Crippen LogP contribution in [0, 0.1) is 11.8 Å². The summed E-state index contributed by atoms with van der Waals surface area (Å²) in [5, 5.41) is 7.12. The Bertz CT molecular complexity index is 1200. The molecule has 2 saturated heterocycles. The Morgan fingerprint density at radius 1 is 1.02 bits per heavy atom. The number of rotatable bonds is 14. The molecule has 0 radical (unpaired) electrons. The summed E-state index contributed by atoms with van der Waals surface area (Å²) in [6.45, 7) is 15.8. The Kier molecular flexibility index (Phi) is 13.8. The molecule has 2 heterocycles. The van der Waals surface area contributed by atoms with Crippen LogP contribution in [-0.2, 0) is 23.9 Å². The lowest BCUT2D eigenvalue weighted by Crippen LogP contribution is -2.62. The molecule has 0 saturated carbocycles. The van der Waals surface area contributed by atoms with E-state index in [1.54, 1.807) is 27.0 Å². The van der Waals surface area contributed by atoms with Crippen LogP contribution in [0.25, 0.3) is 6.08 Å². The maximum atomic E-state index is 13.8. The van der Waals surface area contributed by atoms with Crippen LogP contribution < -0.4 is 16.1 Å². The third kappa shape index (κ3) is 9.50. The van der Waals surface area contributed by atoms with Crippen LogP contribution >= 0.6 is 0 Å². The Morgan fingerprint density at radius 2 is 1.78 bits per heavy atom. The third-order valence-electron chi connectivity index (χ3n) is 8.97. The molecule has 1 aromatic rings. The van der Waals surface area contributed by atoms with Crippen molar-refractivity contribution in [1.29, 1.82) is 0 Å². The minimum Gasteiger partial charge on any atom is -0.381 e. The molecule has 3 rings (SSSR count). The number of hydrogen-bond acceptors (Lipinski definition) is 6. The molecule has 2 aliphatic rings. The number of nitrogens with one attached hydrogen (secondary N) is 3. The second-order valence-corrected chi connectivity index (χ2v) is 12.6. The molecular weight excluding hydrogens is 570 g/mol. The number of amides is 4. The summed E-state index contributed by atoms with van der Waals surface area (Å²) >= 11 is 0. The smallest absolute Gasteiger partial charge is 0.258 e. The van der Waals surface area contributed by atoms with Gasteiger partial charge >= 0.3 is 0 Å². The van der Waals surface area contributed by atoms with Gasteiger partial charge in [-0.1, -0.05) is 57.7 Å². The number of nitrogens with zero attached hydrogens (tertiary/aromatic N) is 2. The number of hydrazine groups is 1. The lowest BCUT2D eigenvalue weighted by Gasteiger charge is -2.41. The molecule has 0 aromatic heterocycles. The molecule has 2 unspecified atom stereocenters. The van der Waals surface area contributed by atoms with E-state index < -0.39 is 30.0 Å². The van der Waals surface area contributed by atoms with Crippen molar-refractivity contribution >= 4 is 29.7 Å². The van der Waals surface area contributed by atoms with Crippen molar-refractivity contribution in [2.45, 2.75) is 103 Å². The molecule has 2 fully saturated rings. The Morgan fingerprint density at radius 3 is 2.44 bits per heavy atom. The Labute approximate surface area is 269 Å². The normalized spacial score (nSPS) is 21.3. The predicted octanol–water partition coefficient (Wildman–Crippen LogP) is 4.14. The summed E-state index contributed by atoms with van der Waals surface area (Å²) in [5.41, 5.74) is 5.28. The number of carbonyl (C=O) groups excluding carboxylic acids is 4. The number of ether oxygens (including phenoxy) is 1. The van der Waals surface area contributed by atoms with Crippen molar-refractivity contribution in [2.75, 3.05) is 20.2 Å². The van der Waals surface area contributed by atoms with Gasteiger partial charge in [0.2, 0.25) is 17.7 Å². The molecule has 10 nitrogen and oxygen atoms in total. The highest BCUT2D eigenvalue weighted by molar-refractivity contribution is 5.92. The number of benzene rings is 1. The fourth-order valence-corrected chi connectivity index (χ4v) is 6.20. The fourth-order valence-electron chi connectivity index (χ4n) is 6.20. The zero-order chi connectivity index (χ0) is 33.1. The fraction of sp³-hybridized carbons (Fsp3) is 0.600. The highest BCUT2D eigenvalue weighted by atomic mass is 16.5. The van der Waals surface area contributed by atoms with E-state index in [-0.39, 0.29) is 35.8 Å². The maximum Gasteiger partial charge on any atom is 0.258 e. The van der Waals surface area contributed by atoms with Crippen LogP contribution in [0.3, 0.4) is 0 Å². The first kappa shape index (κ1) is 36.0. The predicted molar refractivity (Wildman–Crippen MR) is 176 cm³/mol. The summed E-state index contributed by atoms with van der Waals surface area (Å²) in [6, 6.07) is 5.89. The van der Waals surface area contributed by atoms with Crippen LogP contribution in [0.5, 0.6) is 0 Å². The van der Waals surface area contributed by atoms with Gasteiger partial charge < -0.3 is 20.3 Å². The third-order valence-corrected chi connectivity index (χ3v) is 8.97. The Hall–Kier alpha value is -3.50. The molecule has 248 valence electrons. The van der Waals surface area contributed by atoms with Gasteiger partial charge in [-0.05, 0) is 75.0 Å². The minimum atomic E-state index is -0.863. The molecule has 6 atom stereocenters. The molecule has 1 aromatic carbocycles. The van der Waals surface area contributed by atoms with Gasteiger partial charge in [0, 0.05) is 20.2 Å². The van der Waals surface area contributed by atoms with E-state index in [9.17, 15) is 19.2 Å². The number of methoxy groups -OCH3 is 1. The van der Waals surface area contributed by atoms with Crippen molar-refractivity contribution in [3.05, 3.63) is 54.6 Å². The minimum absolute atomic E-state index is 0.0166. The highest BCUT2D eigenvalue weighted by Gasteiger charge is 2.37. The quantitative estimate of drug-likeness (QED) is 0.268. The number of likely N-dealkylation sites (tertiary alicyclic amines) is 1. The average molecular weight is 624 g/mol. The first-order valence-electron chi connectivity index (χ1n) is 16.4. The first-order valence-corrected chi connectivity index (χ1v) is 16.4. The molecule has 0 aliphatic carbocycles. The molecule has 3 N–H and O–H groups in total. The average Bonchev–Trinajstić information content (AvgIpc) is 3.06. The monoisotopic (exact) mass is 623 g/mol. The van der Waals surface area contributed by atoms with Crippen molar-refractivity contribution in [3.8, 4) is 0 Å². The summed E-state index contributed by atoms with van der Waals surface area (Å²) in [6.07, 6.45) is 8.79. The van der Waals surface area contributed by atoms with Crippen molar-refractivity contribution in [3.63, 3.8) is 0 Å². The first-order chi connectivity index (χ1) is 21.5. The zero-order valence-corrected chi connectivity index (χ0v) is 27.7. The number of hydrogen-bond donors (Lipinski definition) is 3. The summed E-state index contributed by atoms with van der Waals surface area (Å²) in [7, 11) is 1.57. The van der Waals surface area contributed by atoms with Gasteiger partial charge in [0.1, 0.15) is 18.1 Å². The van der Waals surface area contributed by atoms with Gasteiger partial charge in [-0.25, -0.2) is 5.43 Å². The molecule has 0 bridgehead atoms. The van der Waals surface area contributed by atoms with E-state index in [1.165, 1.54) is 5.01 Å². The second-order valence-electron chi connectivity index (χ2n) is 12.6. The van der Waals surface area contributed by atoms with E-state index in [0.29, 0.717) is 38.8 Å². The molecule has 0 spiro atoms. The van der Waals surface area contributed by atoms with E-state index >= 15 is 0 Å². The van der Waals surface area contributed by atoms with Gasteiger partial charge in [0.25, 0.3) is 5.91 Å². The van der Waals surface area contributed by atoms with Crippen LogP contribution in [0.4, 0.5) is 0 Å². The SMILES string of the molecule is C=CCC[C@@H](OC)[C@@H](C)C(=O)NC(C(=O)N[C@@H](C)C(=O)N1CCC[C@@H](C(=O)N2CCCCC2c2cccc(C=C)c2)N1)C(C)C. The number of allylic oxidation sites excluding steroid dienone is 1. The lowest BCUT2D eigenvalue weighted by molar-refractivity contribution is -0.147. The maximum absolute atomic E-state index is 13.8. The summed E-state index contributed by atoms with van der Waals surface area (Å²) in [5.74, 6) is -1.75. The van der Waals surface area contributed by atoms with Gasteiger partial charge in [-0.2, -0.15) is 0 Å². The van der Waals surface area contributed by atoms with Crippen LogP contribution in [0.2, 0.25) is 0 Å². The van der Waals surface area contributed by atoms with Crippen molar-refractivity contribution in [2.24, 2.45) is 11.8 Å². The summed E-state index contributed by atoms with van der Waals surface area (Å²) in [4.78, 5) is 55.6. The standard InChI is InChI=1S/C35H53N5O5/c1-8-10-19-30(45-7)24(5)32(41)37-31(23(3)4)33(42)36-25(6)34(43)40-21-14-17-28(38-40)35(44)39-20-12-11-18-29(39)27-16-13-15-26(9-2)22-27/h8-9,13,15-16,22-25,28-31,38H,1-2,10-12,14,17-21H2,3-7H3,(H,36,42)(H,37,41)/t24-,25+,28+,29?,30-,31?/m1/s1. The van der Waals surface area contributed by atoms with Gasteiger partial charge in [0.15, 0.2) is 0 Å². The van der Waals surface area contributed by atoms with Gasteiger partial charge in [-0.15, -0.1) is 6.58 Å². The second kappa shape index (κ2) is 17.3. The lowest BCUT2D eigenvalue weighted by atomic mass is 9.93. The van der Waals surface area contributed by atoms with E-state index in [1.807, 2.05) is 37.0 Å². The van der Waals surface area contributed by atoms with E-state index in [0.717, 1.165) is 30.4 Å². The molecular formula is C35H53N5O5. The van der Waals surface area contributed by atoms with E-state index in [2.05, 4.69) is 41.3 Å². The van der Waals surface area contributed by atoms with Crippen LogP contribution in [0.1, 0.15) is 89.8 Å². The molecule has 10 heteroatoms. The molecule has 45 heavy (non-hydrogen) atoms. The topological polar surface area (TPSA) is 120 Å². The van der Waals surface area contributed by atoms with Gasteiger partial charge in [0.05, 0.1) is 18.1 Å². The highest BCUT2D eigenvalue weighted by Crippen LogP contribution is 2.32. The molecule has 2 aliphatic heterocycles. The van der Waals surface area contributed by atoms with Crippen LogP contribution in [-0.4, -0.2) is 78.0 Å². The number of carbonyl (C=O) groups is 4. The summed E-state index contributed by atoms with van der Waals surface area (Å²) < 4.78 is 5.51.